The number of benzene rings is 1. The van der Waals surface area contributed by atoms with Gasteiger partial charge in [0.05, 0.1) is 11.8 Å². The van der Waals surface area contributed by atoms with Crippen LogP contribution in [-0.4, -0.2) is 28.7 Å². The molecule has 130 valence electrons. The lowest BCUT2D eigenvalue weighted by atomic mass is 9.85. The van der Waals surface area contributed by atoms with E-state index in [-0.39, 0.29) is 41.4 Å². The molecule has 5 nitrogen and oxygen atoms in total. The first kappa shape index (κ1) is 16.1. The third-order valence-corrected chi connectivity index (χ3v) is 5.92. The van der Waals surface area contributed by atoms with Gasteiger partial charge in [-0.3, -0.25) is 19.3 Å². The summed E-state index contributed by atoms with van der Waals surface area (Å²) >= 11 is 0. The Morgan fingerprint density at radius 3 is 2.32 bits per heavy atom. The fraction of sp³-hybridized carbons (Fsp3) is 0.450. The maximum Gasteiger partial charge on any atom is 0.247 e. The molecule has 0 unspecified atom stereocenters. The van der Waals surface area contributed by atoms with Crippen molar-refractivity contribution in [3.63, 3.8) is 0 Å². The number of carbonyl (C=O) groups excluding carboxylic acids is 3. The van der Waals surface area contributed by atoms with Crippen molar-refractivity contribution in [1.29, 1.82) is 0 Å². The molecule has 5 heteroatoms. The standard InChI is InChI=1S/C20H22N2O3/c1-10-4-5-11(2)15(8-10)21-18(23)12(3)22-19(24)16-13-6-7-14(9-13)17(16)20(22)25/h4-8,12-14,16-17H,9H2,1-3H3,(H,21,23)/t12-,13-,14+,16+,17+/m1/s1. The van der Waals surface area contributed by atoms with E-state index >= 15 is 0 Å². The Morgan fingerprint density at radius 2 is 1.72 bits per heavy atom. The molecule has 3 aliphatic rings. The number of allylic oxidation sites excluding steroid dienone is 2. The molecule has 25 heavy (non-hydrogen) atoms. The Morgan fingerprint density at radius 1 is 1.12 bits per heavy atom. The van der Waals surface area contributed by atoms with E-state index in [1.54, 1.807) is 6.92 Å². The minimum atomic E-state index is -0.801. The molecule has 1 N–H and O–H groups in total. The van der Waals surface area contributed by atoms with Crippen molar-refractivity contribution in [2.24, 2.45) is 23.7 Å². The van der Waals surface area contributed by atoms with Gasteiger partial charge < -0.3 is 5.32 Å². The van der Waals surface area contributed by atoms with Crippen LogP contribution < -0.4 is 5.32 Å². The maximum absolute atomic E-state index is 12.8. The number of nitrogens with zero attached hydrogens (tertiary/aromatic N) is 1. The van der Waals surface area contributed by atoms with Crippen molar-refractivity contribution in [3.05, 3.63) is 41.5 Å². The zero-order valence-electron chi connectivity index (χ0n) is 14.7. The fourth-order valence-electron chi connectivity index (χ4n) is 4.53. The van der Waals surface area contributed by atoms with E-state index in [9.17, 15) is 14.4 Å². The second-order valence-electron chi connectivity index (χ2n) is 7.53. The molecule has 2 bridgehead atoms. The summed E-state index contributed by atoms with van der Waals surface area (Å²) in [6, 6.07) is 5.01. The van der Waals surface area contributed by atoms with Crippen molar-refractivity contribution in [3.8, 4) is 0 Å². The van der Waals surface area contributed by atoms with Gasteiger partial charge in [-0.25, -0.2) is 0 Å². The summed E-state index contributed by atoms with van der Waals surface area (Å²) in [5.74, 6) is -0.907. The van der Waals surface area contributed by atoms with Gasteiger partial charge in [-0.2, -0.15) is 0 Å². The third-order valence-electron chi connectivity index (χ3n) is 5.92. The number of fused-ring (bicyclic) bond motifs is 5. The lowest BCUT2D eigenvalue weighted by Gasteiger charge is -2.24. The van der Waals surface area contributed by atoms with Gasteiger partial charge >= 0.3 is 0 Å². The molecule has 1 heterocycles. The van der Waals surface area contributed by atoms with Crippen molar-refractivity contribution >= 4 is 23.4 Å². The van der Waals surface area contributed by atoms with Crippen LogP contribution in [0.2, 0.25) is 0 Å². The number of aryl methyl sites for hydroxylation is 2. The Bertz CT molecular complexity index is 783. The molecule has 1 aromatic rings. The molecule has 2 fully saturated rings. The van der Waals surface area contributed by atoms with Gasteiger partial charge in [-0.05, 0) is 56.2 Å². The van der Waals surface area contributed by atoms with Crippen molar-refractivity contribution < 1.29 is 14.4 Å². The largest absolute Gasteiger partial charge is 0.324 e. The van der Waals surface area contributed by atoms with Crippen LogP contribution >= 0.6 is 0 Å². The number of rotatable bonds is 3. The highest BCUT2D eigenvalue weighted by Crippen LogP contribution is 2.52. The highest BCUT2D eigenvalue weighted by Gasteiger charge is 2.60. The number of imide groups is 1. The highest BCUT2D eigenvalue weighted by atomic mass is 16.2. The first-order chi connectivity index (χ1) is 11.9. The predicted molar refractivity (Wildman–Crippen MR) is 93.6 cm³/mol. The lowest BCUT2D eigenvalue weighted by Crippen LogP contribution is -2.46. The summed E-state index contributed by atoms with van der Waals surface area (Å²) < 4.78 is 0. The van der Waals surface area contributed by atoms with Crippen LogP contribution in [-0.2, 0) is 14.4 Å². The zero-order valence-corrected chi connectivity index (χ0v) is 14.7. The van der Waals surface area contributed by atoms with Crippen molar-refractivity contribution in [1.82, 2.24) is 4.90 Å². The molecule has 0 aromatic heterocycles. The van der Waals surface area contributed by atoms with Gasteiger partial charge in [0.2, 0.25) is 17.7 Å². The third kappa shape index (κ3) is 2.33. The SMILES string of the molecule is Cc1ccc(C)c(NC(=O)[C@@H](C)N2C(=O)[C@@H]3[C@@H](C2=O)[C@H]2C=C[C@@H]3C2)c1. The summed E-state index contributed by atoms with van der Waals surface area (Å²) in [5, 5.41) is 2.87. The van der Waals surface area contributed by atoms with Crippen LogP contribution in [0.5, 0.6) is 0 Å². The molecule has 0 radical (unpaired) electrons. The van der Waals surface area contributed by atoms with Crippen molar-refractivity contribution in [2.75, 3.05) is 5.32 Å². The van der Waals surface area contributed by atoms with Gasteiger partial charge in [-0.15, -0.1) is 0 Å². The fourth-order valence-corrected chi connectivity index (χ4v) is 4.53. The van der Waals surface area contributed by atoms with Crippen LogP contribution in [0.3, 0.4) is 0 Å². The molecule has 4 rings (SSSR count). The van der Waals surface area contributed by atoms with Crippen LogP contribution in [0.1, 0.15) is 24.5 Å². The van der Waals surface area contributed by atoms with E-state index in [1.807, 2.05) is 32.0 Å². The zero-order chi connectivity index (χ0) is 17.9. The molecule has 3 amide bonds. The molecule has 1 saturated heterocycles. The molecule has 1 aliphatic heterocycles. The maximum atomic E-state index is 12.8. The normalized spacial score (nSPS) is 30.8. The van der Waals surface area contributed by atoms with E-state index < -0.39 is 6.04 Å². The Hall–Kier alpha value is -2.43. The van der Waals surface area contributed by atoms with Crippen molar-refractivity contribution in [2.45, 2.75) is 33.2 Å². The first-order valence-electron chi connectivity index (χ1n) is 8.82. The Balaban J connectivity index is 1.54. The van der Waals surface area contributed by atoms with Gasteiger partial charge in [0.25, 0.3) is 0 Å². The molecule has 5 atom stereocenters. The van der Waals surface area contributed by atoms with Crippen LogP contribution in [0.4, 0.5) is 5.69 Å². The number of carbonyl (C=O) groups is 3. The van der Waals surface area contributed by atoms with Gasteiger partial charge in [0, 0.05) is 5.69 Å². The van der Waals surface area contributed by atoms with Crippen LogP contribution in [0.25, 0.3) is 0 Å². The molecule has 2 aliphatic carbocycles. The number of hydrogen-bond acceptors (Lipinski definition) is 3. The number of anilines is 1. The highest BCUT2D eigenvalue weighted by molar-refractivity contribution is 6.10. The molecule has 1 saturated carbocycles. The number of amides is 3. The van der Waals surface area contributed by atoms with E-state index in [4.69, 9.17) is 0 Å². The molecule has 1 aromatic carbocycles. The average Bonchev–Trinajstić information content (AvgIpc) is 3.24. The summed E-state index contributed by atoms with van der Waals surface area (Å²) in [4.78, 5) is 39.5. The summed E-state index contributed by atoms with van der Waals surface area (Å²) in [5.41, 5.74) is 2.71. The van der Waals surface area contributed by atoms with Gasteiger partial charge in [0.15, 0.2) is 0 Å². The molecular formula is C20H22N2O3. The molecular weight excluding hydrogens is 316 g/mol. The smallest absolute Gasteiger partial charge is 0.247 e. The average molecular weight is 338 g/mol. The van der Waals surface area contributed by atoms with Gasteiger partial charge in [-0.1, -0.05) is 24.3 Å². The summed E-state index contributed by atoms with van der Waals surface area (Å²) in [7, 11) is 0. The Kier molecular flexibility index (Phi) is 3.56. The first-order valence-corrected chi connectivity index (χ1v) is 8.82. The number of hydrogen-bond donors (Lipinski definition) is 1. The minimum absolute atomic E-state index is 0.158. The minimum Gasteiger partial charge on any atom is -0.324 e. The van der Waals surface area contributed by atoms with E-state index in [1.165, 1.54) is 4.90 Å². The van der Waals surface area contributed by atoms with Gasteiger partial charge in [0.1, 0.15) is 6.04 Å². The summed E-state index contributed by atoms with van der Waals surface area (Å²) in [6.45, 7) is 5.50. The van der Waals surface area contributed by atoms with E-state index in [0.29, 0.717) is 0 Å². The van der Waals surface area contributed by atoms with Crippen LogP contribution in [0, 0.1) is 37.5 Å². The second-order valence-corrected chi connectivity index (χ2v) is 7.53. The predicted octanol–water partition coefficient (Wildman–Crippen LogP) is 2.44. The van der Waals surface area contributed by atoms with E-state index in [0.717, 1.165) is 23.2 Å². The number of likely N-dealkylation sites (tertiary alicyclic amines) is 1. The number of nitrogens with one attached hydrogen (secondary N) is 1. The lowest BCUT2D eigenvalue weighted by molar-refractivity contribution is -0.146. The monoisotopic (exact) mass is 338 g/mol. The Labute approximate surface area is 147 Å². The molecule has 0 spiro atoms. The second kappa shape index (κ2) is 5.55. The van der Waals surface area contributed by atoms with E-state index in [2.05, 4.69) is 17.5 Å². The van der Waals surface area contributed by atoms with Crippen LogP contribution in [0.15, 0.2) is 30.4 Å². The topological polar surface area (TPSA) is 66.5 Å². The quantitative estimate of drug-likeness (QED) is 0.680. The summed E-state index contributed by atoms with van der Waals surface area (Å²) in [6.07, 6.45) is 5.01.